The van der Waals surface area contributed by atoms with Crippen LogP contribution in [0.15, 0.2) is 90.1 Å². The number of aryl methyl sites for hydroxylation is 1. The molecule has 2 amide bonds. The third-order valence-corrected chi connectivity index (χ3v) is 6.03. The Morgan fingerprint density at radius 1 is 0.977 bits per heavy atom. The normalized spacial score (nSPS) is 13.7. The summed E-state index contributed by atoms with van der Waals surface area (Å²) in [4.78, 5) is 25.8. The van der Waals surface area contributed by atoms with Crippen LogP contribution < -0.4 is 16.1 Å². The molecule has 2 heterocycles. The summed E-state index contributed by atoms with van der Waals surface area (Å²) in [6.07, 6.45) is 20.7. The van der Waals surface area contributed by atoms with Crippen molar-refractivity contribution in [2.75, 3.05) is 6.54 Å². The molecule has 0 aliphatic carbocycles. The van der Waals surface area contributed by atoms with Crippen LogP contribution in [0.25, 0.3) is 6.08 Å². The second-order valence-electron chi connectivity index (χ2n) is 9.42. The van der Waals surface area contributed by atoms with Crippen molar-refractivity contribution < 1.29 is 14.8 Å². The van der Waals surface area contributed by atoms with Crippen LogP contribution in [0, 0.1) is 0 Å². The van der Waals surface area contributed by atoms with E-state index in [0.717, 1.165) is 37.7 Å². The molecule has 0 spiro atoms. The van der Waals surface area contributed by atoms with Crippen molar-refractivity contribution in [3.05, 3.63) is 107 Å². The topological polar surface area (TPSA) is 103 Å². The van der Waals surface area contributed by atoms with Gasteiger partial charge in [0, 0.05) is 43.3 Å². The number of aromatic nitrogens is 1. The molecular formula is C36H54N4O3. The van der Waals surface area contributed by atoms with Crippen molar-refractivity contribution in [1.82, 2.24) is 21.1 Å². The number of amides is 2. The van der Waals surface area contributed by atoms with Crippen molar-refractivity contribution in [2.45, 2.75) is 93.4 Å². The molecule has 236 valence electrons. The number of nitrogens with one attached hydrogen (secondary N) is 3. The number of allylic oxidation sites excluding steroid dienone is 4. The summed E-state index contributed by atoms with van der Waals surface area (Å²) in [5.41, 5.74) is 8.72. The number of hydrogen-bond donors (Lipinski definition) is 4. The van der Waals surface area contributed by atoms with E-state index < -0.39 is 5.91 Å². The van der Waals surface area contributed by atoms with E-state index in [2.05, 4.69) is 61.7 Å². The lowest BCUT2D eigenvalue weighted by Gasteiger charge is -2.21. The Balaban J connectivity index is 0.000000601. The van der Waals surface area contributed by atoms with Crippen LogP contribution in [-0.2, 0) is 11.2 Å². The average Bonchev–Trinajstić information content (AvgIpc) is 3.06. The Bertz CT molecular complexity index is 1150. The molecule has 0 unspecified atom stereocenters. The molecule has 1 aromatic heterocycles. The van der Waals surface area contributed by atoms with Gasteiger partial charge in [0.2, 0.25) is 0 Å². The molecule has 4 N–H and O–H groups in total. The molecule has 0 saturated carbocycles. The monoisotopic (exact) mass is 590 g/mol. The molecule has 7 heteroatoms. The van der Waals surface area contributed by atoms with E-state index in [0.29, 0.717) is 12.1 Å². The van der Waals surface area contributed by atoms with E-state index in [1.54, 1.807) is 30.6 Å². The van der Waals surface area contributed by atoms with Gasteiger partial charge in [-0.2, -0.15) is 0 Å². The highest BCUT2D eigenvalue weighted by Crippen LogP contribution is 2.26. The highest BCUT2D eigenvalue weighted by Gasteiger charge is 2.11. The number of benzene rings is 1. The Hall–Kier alpha value is -3.97. The van der Waals surface area contributed by atoms with E-state index >= 15 is 0 Å². The average molecular weight is 591 g/mol. The fourth-order valence-electron chi connectivity index (χ4n) is 3.88. The summed E-state index contributed by atoms with van der Waals surface area (Å²) in [7, 11) is 0. The van der Waals surface area contributed by atoms with Crippen molar-refractivity contribution in [3.63, 3.8) is 0 Å². The van der Waals surface area contributed by atoms with Gasteiger partial charge in [0.15, 0.2) is 0 Å². The fourth-order valence-corrected chi connectivity index (χ4v) is 3.88. The smallest absolute Gasteiger partial charge is 0.267 e. The lowest BCUT2D eigenvalue weighted by Crippen LogP contribution is -2.23. The maximum Gasteiger partial charge on any atom is 0.267 e. The zero-order valence-corrected chi connectivity index (χ0v) is 27.4. The number of rotatable bonds is 10. The van der Waals surface area contributed by atoms with Crippen LogP contribution in [0.1, 0.15) is 108 Å². The molecule has 7 nitrogen and oxygen atoms in total. The predicted molar refractivity (Wildman–Crippen MR) is 180 cm³/mol. The first kappa shape index (κ1) is 39.0. The minimum Gasteiger partial charge on any atom is -0.365 e. The molecule has 1 aromatic carbocycles. The van der Waals surface area contributed by atoms with E-state index in [1.807, 2.05) is 45.0 Å². The Kier molecular flexibility index (Phi) is 23.3. The molecule has 43 heavy (non-hydrogen) atoms. The van der Waals surface area contributed by atoms with Gasteiger partial charge in [0.1, 0.15) is 0 Å². The predicted octanol–water partition coefficient (Wildman–Crippen LogP) is 8.31. The van der Waals surface area contributed by atoms with Gasteiger partial charge < -0.3 is 10.6 Å². The highest BCUT2D eigenvalue weighted by molar-refractivity contribution is 5.93. The number of nitrogens with zero attached hydrogens (tertiary/aromatic N) is 1. The van der Waals surface area contributed by atoms with Gasteiger partial charge in [-0.3, -0.25) is 19.8 Å². The summed E-state index contributed by atoms with van der Waals surface area (Å²) in [6.45, 7) is 15.5. The van der Waals surface area contributed by atoms with Crippen molar-refractivity contribution in [3.8, 4) is 0 Å². The molecule has 0 bridgehead atoms. The lowest BCUT2D eigenvalue weighted by molar-refractivity contribution is -0.124. The first-order chi connectivity index (χ1) is 20.9. The second-order valence-corrected chi connectivity index (χ2v) is 9.42. The van der Waals surface area contributed by atoms with Crippen LogP contribution in [0.5, 0.6) is 0 Å². The van der Waals surface area contributed by atoms with Gasteiger partial charge in [-0.15, -0.1) is 0 Å². The molecule has 0 saturated heterocycles. The molecule has 1 aliphatic heterocycles. The Labute approximate surface area is 260 Å². The zero-order chi connectivity index (χ0) is 32.3. The molecule has 0 atom stereocenters. The number of hydroxylamine groups is 1. The molecule has 0 fully saturated rings. The van der Waals surface area contributed by atoms with Crippen LogP contribution >= 0.6 is 0 Å². The Morgan fingerprint density at radius 2 is 1.67 bits per heavy atom. The maximum absolute atomic E-state index is 11.3. The summed E-state index contributed by atoms with van der Waals surface area (Å²) < 4.78 is 0. The van der Waals surface area contributed by atoms with Gasteiger partial charge in [-0.1, -0.05) is 91.3 Å². The van der Waals surface area contributed by atoms with Crippen molar-refractivity contribution >= 4 is 17.9 Å². The molecule has 3 rings (SSSR count). The summed E-state index contributed by atoms with van der Waals surface area (Å²) in [5, 5.41) is 14.4. The first-order valence-electron chi connectivity index (χ1n) is 15.6. The van der Waals surface area contributed by atoms with Crippen molar-refractivity contribution in [2.24, 2.45) is 0 Å². The van der Waals surface area contributed by atoms with Crippen molar-refractivity contribution in [1.29, 1.82) is 0 Å². The third-order valence-electron chi connectivity index (χ3n) is 6.03. The van der Waals surface area contributed by atoms with Gasteiger partial charge in [-0.25, -0.2) is 5.48 Å². The van der Waals surface area contributed by atoms with Gasteiger partial charge in [0.25, 0.3) is 11.8 Å². The Morgan fingerprint density at radius 3 is 2.21 bits per heavy atom. The molecular weight excluding hydrogens is 536 g/mol. The molecule has 0 radical (unpaired) electrons. The van der Waals surface area contributed by atoms with Crippen LogP contribution in [0.2, 0.25) is 0 Å². The number of pyridine rings is 1. The van der Waals surface area contributed by atoms with Gasteiger partial charge >= 0.3 is 0 Å². The van der Waals surface area contributed by atoms with E-state index in [4.69, 9.17) is 5.21 Å². The standard InChI is InChI=1S/C14H23N.C11H13NO2.C9H12N2O.C2H6/c1-4-7-12-10-14(9-6-3)15-11-13(12)8-5-2;1-2-9-3-5-10(6-4-9)7-8-11(13)12-14;1-2-5-11-9(12)8-4-3-6-10-7-8;1-2/h7,9,11,15H,4-6,8,10H2,1-3H3;3-8,14H,2H2,1H3,(H,12,13);3-4,6-7H,2,5H2,1H3,(H,11,12);1-2H3/b12-7+,14-9+;8-7+;;. The van der Waals surface area contributed by atoms with E-state index in [-0.39, 0.29) is 5.91 Å². The third kappa shape index (κ3) is 17.6. The SMILES string of the molecule is CC.CC/C=C1\C/C(=C\CC)C(CCC)=CN1.CCCNC(=O)c1cccnc1.CCc1ccc(/C=C/C(=O)NO)cc1. The number of carbonyl (C=O) groups is 2. The second kappa shape index (κ2) is 25.7. The van der Waals surface area contributed by atoms with E-state index in [9.17, 15) is 9.59 Å². The largest absolute Gasteiger partial charge is 0.365 e. The quantitative estimate of drug-likeness (QED) is 0.127. The molecule has 2 aromatic rings. The van der Waals surface area contributed by atoms with Crippen LogP contribution in [-0.4, -0.2) is 28.6 Å². The van der Waals surface area contributed by atoms with E-state index in [1.165, 1.54) is 46.8 Å². The minimum absolute atomic E-state index is 0.0510. The van der Waals surface area contributed by atoms with Gasteiger partial charge in [-0.05, 0) is 72.6 Å². The van der Waals surface area contributed by atoms with Crippen LogP contribution in [0.3, 0.4) is 0 Å². The molecule has 1 aliphatic rings. The van der Waals surface area contributed by atoms with Gasteiger partial charge in [0.05, 0.1) is 5.56 Å². The minimum atomic E-state index is -0.524. The van der Waals surface area contributed by atoms with Crippen LogP contribution in [0.4, 0.5) is 0 Å². The highest BCUT2D eigenvalue weighted by atomic mass is 16.5. The number of hydrogen-bond acceptors (Lipinski definition) is 5. The summed E-state index contributed by atoms with van der Waals surface area (Å²) in [5.74, 6) is -0.575. The zero-order valence-electron chi connectivity index (χ0n) is 27.4. The summed E-state index contributed by atoms with van der Waals surface area (Å²) >= 11 is 0. The number of carbonyl (C=O) groups excluding carboxylic acids is 2. The summed E-state index contributed by atoms with van der Waals surface area (Å²) in [6, 6.07) is 11.4. The maximum atomic E-state index is 11.3. The first-order valence-corrected chi connectivity index (χ1v) is 15.6. The fraction of sp³-hybridized carbons (Fsp3) is 0.417. The lowest BCUT2D eigenvalue weighted by atomic mass is 9.94.